The Hall–Kier alpha value is -1.99. The SMILES string of the molecule is C=C/C=C(\C/C=C\C)C(SCC)(c1ccccc1)C1C=C/C=C\C/C=C\1. The Kier molecular flexibility index (Phi) is 8.50. The molecule has 2 rings (SSSR count). The smallest absolute Gasteiger partial charge is 0.0720 e. The van der Waals surface area contributed by atoms with Crippen molar-refractivity contribution in [3.63, 3.8) is 0 Å². The Morgan fingerprint density at radius 1 is 1.19 bits per heavy atom. The van der Waals surface area contributed by atoms with E-state index in [1.807, 2.05) is 17.8 Å². The summed E-state index contributed by atoms with van der Waals surface area (Å²) in [5, 5.41) is 0. The minimum absolute atomic E-state index is 0.137. The fourth-order valence-corrected chi connectivity index (χ4v) is 4.93. The predicted molar refractivity (Wildman–Crippen MR) is 119 cm³/mol. The van der Waals surface area contributed by atoms with Crippen LogP contribution in [0.25, 0.3) is 0 Å². The molecule has 1 aliphatic rings. The Labute approximate surface area is 163 Å². The highest BCUT2D eigenvalue weighted by molar-refractivity contribution is 8.00. The van der Waals surface area contributed by atoms with E-state index in [4.69, 9.17) is 0 Å². The van der Waals surface area contributed by atoms with Crippen LogP contribution in [-0.2, 0) is 4.75 Å². The van der Waals surface area contributed by atoms with Gasteiger partial charge < -0.3 is 0 Å². The average molecular weight is 363 g/mol. The molecule has 0 aromatic heterocycles. The fourth-order valence-electron chi connectivity index (χ4n) is 3.49. The molecule has 0 bridgehead atoms. The lowest BCUT2D eigenvalue weighted by Gasteiger charge is -2.41. The van der Waals surface area contributed by atoms with Gasteiger partial charge in [0.15, 0.2) is 0 Å². The van der Waals surface area contributed by atoms with Gasteiger partial charge in [0.1, 0.15) is 0 Å². The van der Waals surface area contributed by atoms with Crippen LogP contribution in [0.15, 0.2) is 103 Å². The molecule has 2 unspecified atom stereocenters. The topological polar surface area (TPSA) is 0 Å². The zero-order valence-corrected chi connectivity index (χ0v) is 16.8. The van der Waals surface area contributed by atoms with E-state index in [-0.39, 0.29) is 10.7 Å². The Morgan fingerprint density at radius 3 is 2.69 bits per heavy atom. The summed E-state index contributed by atoms with van der Waals surface area (Å²) in [6.07, 6.45) is 24.0. The number of rotatable bonds is 8. The average Bonchev–Trinajstić information content (AvgIpc) is 2.64. The van der Waals surface area contributed by atoms with E-state index in [0.29, 0.717) is 0 Å². The predicted octanol–water partition coefficient (Wildman–Crippen LogP) is 7.40. The first kappa shape index (κ1) is 20.3. The summed E-state index contributed by atoms with van der Waals surface area (Å²) in [5.74, 6) is 1.34. The van der Waals surface area contributed by atoms with Crippen molar-refractivity contribution in [2.45, 2.75) is 31.4 Å². The van der Waals surface area contributed by atoms with Crippen LogP contribution in [0, 0.1) is 5.92 Å². The molecule has 0 nitrogen and oxygen atoms in total. The molecule has 26 heavy (non-hydrogen) atoms. The second-order valence-electron chi connectivity index (χ2n) is 6.24. The molecule has 0 aliphatic heterocycles. The molecule has 0 heterocycles. The molecule has 1 heteroatoms. The number of benzene rings is 1. The second kappa shape index (κ2) is 10.9. The van der Waals surface area contributed by atoms with Crippen molar-refractivity contribution in [3.8, 4) is 0 Å². The number of thioether (sulfide) groups is 1. The van der Waals surface area contributed by atoms with Crippen LogP contribution in [-0.4, -0.2) is 5.75 Å². The van der Waals surface area contributed by atoms with Crippen molar-refractivity contribution in [3.05, 3.63) is 109 Å². The van der Waals surface area contributed by atoms with Gasteiger partial charge in [-0.3, -0.25) is 0 Å². The standard InChI is InChI=1S/C25H30S/c1-4-7-17-22(16-5-2)25(26-6-3,24-20-14-11-15-21-24)23-18-12-9-8-10-13-19-23/h4-5,7-9,11-16,18-21,23H,2,6,10,17H2,1,3H3/b7-4-,9-8-,18-12?,19-13-,22-16+. The van der Waals surface area contributed by atoms with Gasteiger partial charge in [-0.2, -0.15) is 0 Å². The third kappa shape index (κ3) is 4.80. The molecule has 1 aromatic rings. The largest absolute Gasteiger partial charge is 0.145 e. The second-order valence-corrected chi connectivity index (χ2v) is 7.75. The highest BCUT2D eigenvalue weighted by atomic mass is 32.2. The van der Waals surface area contributed by atoms with Gasteiger partial charge in [-0.25, -0.2) is 0 Å². The molecule has 0 amide bonds. The zero-order chi connectivity index (χ0) is 18.7. The molecule has 0 spiro atoms. The fraction of sp³-hybridized carbons (Fsp3) is 0.280. The van der Waals surface area contributed by atoms with Crippen molar-refractivity contribution in [1.82, 2.24) is 0 Å². The minimum atomic E-state index is -0.137. The summed E-state index contributed by atoms with van der Waals surface area (Å²) in [4.78, 5) is 0. The highest BCUT2D eigenvalue weighted by Gasteiger charge is 2.40. The Morgan fingerprint density at radius 2 is 2.00 bits per heavy atom. The van der Waals surface area contributed by atoms with Crippen molar-refractivity contribution in [2.75, 3.05) is 5.75 Å². The van der Waals surface area contributed by atoms with Gasteiger partial charge in [-0.1, -0.05) is 105 Å². The Bertz CT molecular complexity index is 703. The number of hydrogen-bond acceptors (Lipinski definition) is 1. The van der Waals surface area contributed by atoms with E-state index in [0.717, 1.165) is 18.6 Å². The molecule has 0 saturated carbocycles. The molecule has 0 N–H and O–H groups in total. The molecular formula is C25H30S. The van der Waals surface area contributed by atoms with E-state index in [2.05, 4.69) is 105 Å². The molecule has 2 atom stereocenters. The first-order chi connectivity index (χ1) is 12.8. The third-order valence-corrected chi connectivity index (χ3v) is 6.11. The van der Waals surface area contributed by atoms with Gasteiger partial charge in [0, 0.05) is 5.92 Å². The van der Waals surface area contributed by atoms with E-state index in [9.17, 15) is 0 Å². The van der Waals surface area contributed by atoms with E-state index in [1.165, 1.54) is 11.1 Å². The maximum Gasteiger partial charge on any atom is 0.0720 e. The number of hydrogen-bond donors (Lipinski definition) is 0. The summed E-state index contributed by atoms with van der Waals surface area (Å²) in [6, 6.07) is 10.9. The molecule has 0 fully saturated rings. The van der Waals surface area contributed by atoms with Crippen LogP contribution >= 0.6 is 11.8 Å². The van der Waals surface area contributed by atoms with Gasteiger partial charge in [-0.15, -0.1) is 11.8 Å². The van der Waals surface area contributed by atoms with Gasteiger partial charge in [0.2, 0.25) is 0 Å². The first-order valence-corrected chi connectivity index (χ1v) is 10.4. The van der Waals surface area contributed by atoms with Crippen LogP contribution in [0.2, 0.25) is 0 Å². The van der Waals surface area contributed by atoms with Crippen molar-refractivity contribution >= 4 is 11.8 Å². The van der Waals surface area contributed by atoms with Gasteiger partial charge >= 0.3 is 0 Å². The molecule has 1 aromatic carbocycles. The molecular weight excluding hydrogens is 332 g/mol. The Balaban J connectivity index is 2.71. The first-order valence-electron chi connectivity index (χ1n) is 9.42. The summed E-state index contributed by atoms with van der Waals surface area (Å²) >= 11 is 2.02. The van der Waals surface area contributed by atoms with E-state index < -0.39 is 0 Å². The summed E-state index contributed by atoms with van der Waals surface area (Å²) in [5.41, 5.74) is 2.75. The van der Waals surface area contributed by atoms with Crippen LogP contribution in [0.1, 0.15) is 32.3 Å². The maximum absolute atomic E-state index is 4.00. The van der Waals surface area contributed by atoms with Crippen LogP contribution in [0.4, 0.5) is 0 Å². The molecule has 1 aliphatic carbocycles. The molecule has 0 radical (unpaired) electrons. The van der Waals surface area contributed by atoms with Crippen LogP contribution in [0.3, 0.4) is 0 Å². The van der Waals surface area contributed by atoms with Crippen LogP contribution < -0.4 is 0 Å². The van der Waals surface area contributed by atoms with Gasteiger partial charge in [0.05, 0.1) is 4.75 Å². The molecule has 136 valence electrons. The highest BCUT2D eigenvalue weighted by Crippen LogP contribution is 2.51. The minimum Gasteiger partial charge on any atom is -0.145 e. The molecule has 0 saturated heterocycles. The van der Waals surface area contributed by atoms with Crippen molar-refractivity contribution in [2.24, 2.45) is 5.92 Å². The number of allylic oxidation sites excluding steroid dienone is 10. The lowest BCUT2D eigenvalue weighted by Crippen LogP contribution is -2.33. The van der Waals surface area contributed by atoms with E-state index >= 15 is 0 Å². The summed E-state index contributed by atoms with van der Waals surface area (Å²) in [7, 11) is 0. The van der Waals surface area contributed by atoms with Crippen molar-refractivity contribution in [1.29, 1.82) is 0 Å². The monoisotopic (exact) mass is 362 g/mol. The lowest BCUT2D eigenvalue weighted by atomic mass is 9.77. The van der Waals surface area contributed by atoms with Crippen LogP contribution in [0.5, 0.6) is 0 Å². The normalized spacial score (nSPS) is 22.4. The maximum atomic E-state index is 4.00. The lowest BCUT2D eigenvalue weighted by molar-refractivity contribution is 0.600. The van der Waals surface area contributed by atoms with Gasteiger partial charge in [-0.05, 0) is 36.7 Å². The quantitative estimate of drug-likeness (QED) is 0.343. The third-order valence-electron chi connectivity index (χ3n) is 4.59. The van der Waals surface area contributed by atoms with E-state index in [1.54, 1.807) is 0 Å². The van der Waals surface area contributed by atoms with Crippen molar-refractivity contribution < 1.29 is 0 Å². The van der Waals surface area contributed by atoms with Gasteiger partial charge in [0.25, 0.3) is 0 Å². The summed E-state index contributed by atoms with van der Waals surface area (Å²) in [6.45, 7) is 8.33. The zero-order valence-electron chi connectivity index (χ0n) is 16.0. The summed E-state index contributed by atoms with van der Waals surface area (Å²) < 4.78 is -0.137.